The predicted molar refractivity (Wildman–Crippen MR) is 94.2 cm³/mol. The predicted octanol–water partition coefficient (Wildman–Crippen LogP) is 4.18. The molecule has 1 aromatic carbocycles. The van der Waals surface area contributed by atoms with Gasteiger partial charge in [-0.15, -0.1) is 0 Å². The van der Waals surface area contributed by atoms with Crippen LogP contribution in [0.5, 0.6) is 0 Å². The number of furan rings is 1. The number of carbonyl (C=O) groups is 1. The molecule has 4 nitrogen and oxygen atoms in total. The summed E-state index contributed by atoms with van der Waals surface area (Å²) in [5.74, 6) is 0.131. The van der Waals surface area contributed by atoms with Gasteiger partial charge in [-0.05, 0) is 57.0 Å². The van der Waals surface area contributed by atoms with Gasteiger partial charge in [0, 0.05) is 17.6 Å². The Bertz CT molecular complexity index is 836. The van der Waals surface area contributed by atoms with Crippen molar-refractivity contribution < 1.29 is 22.4 Å². The standard InChI is InChI=1S/C20H21F3N2O2/c1-12-18(13-8-10-25(12)11-9-13)24-19(26)17-7-6-16(27-17)14-4-2-3-5-15(14)20(21,22)23/h2-7,12-13,18H,8-11H2,1H3,(H,24,26)/t12-,18-/m0/s1. The van der Waals surface area contributed by atoms with Gasteiger partial charge in [0.2, 0.25) is 0 Å². The van der Waals surface area contributed by atoms with Gasteiger partial charge in [-0.25, -0.2) is 0 Å². The minimum Gasteiger partial charge on any atom is -0.451 e. The number of benzene rings is 1. The molecule has 2 bridgehead atoms. The first-order valence-corrected chi connectivity index (χ1v) is 9.16. The molecule has 1 aromatic heterocycles. The number of piperidine rings is 3. The number of nitrogens with one attached hydrogen (secondary N) is 1. The molecule has 0 saturated carbocycles. The summed E-state index contributed by atoms with van der Waals surface area (Å²) in [4.78, 5) is 15.0. The summed E-state index contributed by atoms with van der Waals surface area (Å²) in [7, 11) is 0. The Kier molecular flexibility index (Phi) is 4.50. The van der Waals surface area contributed by atoms with Crippen LogP contribution >= 0.6 is 0 Å². The summed E-state index contributed by atoms with van der Waals surface area (Å²) in [6.07, 6.45) is -2.38. The lowest BCUT2D eigenvalue weighted by Crippen LogP contribution is -2.62. The van der Waals surface area contributed by atoms with E-state index in [-0.39, 0.29) is 35.1 Å². The number of rotatable bonds is 3. The van der Waals surface area contributed by atoms with Crippen LogP contribution in [0.3, 0.4) is 0 Å². The molecule has 3 aliphatic heterocycles. The van der Waals surface area contributed by atoms with Crippen LogP contribution in [0.1, 0.15) is 35.9 Å². The van der Waals surface area contributed by atoms with Crippen molar-refractivity contribution in [1.29, 1.82) is 0 Å². The van der Waals surface area contributed by atoms with Gasteiger partial charge in [-0.2, -0.15) is 13.2 Å². The average Bonchev–Trinajstić information content (AvgIpc) is 3.14. The Labute approximate surface area is 155 Å². The number of nitrogens with zero attached hydrogens (tertiary/aromatic N) is 1. The third-order valence-corrected chi connectivity index (χ3v) is 5.80. The van der Waals surface area contributed by atoms with Crippen LogP contribution in [0.4, 0.5) is 13.2 Å². The van der Waals surface area contributed by atoms with Crippen molar-refractivity contribution in [1.82, 2.24) is 10.2 Å². The van der Waals surface area contributed by atoms with E-state index in [9.17, 15) is 18.0 Å². The summed E-state index contributed by atoms with van der Waals surface area (Å²) in [5.41, 5.74) is -0.849. The van der Waals surface area contributed by atoms with E-state index in [1.54, 1.807) is 0 Å². The van der Waals surface area contributed by atoms with Gasteiger partial charge in [0.05, 0.1) is 5.56 Å². The SMILES string of the molecule is C[C@H]1[C@H](NC(=O)c2ccc(-c3ccccc3C(F)(F)F)o2)C2CCN1CC2. The van der Waals surface area contributed by atoms with Crippen LogP contribution in [0.2, 0.25) is 0 Å². The van der Waals surface area contributed by atoms with Gasteiger partial charge in [-0.1, -0.05) is 18.2 Å². The van der Waals surface area contributed by atoms with Crippen LogP contribution in [0.25, 0.3) is 11.3 Å². The summed E-state index contributed by atoms with van der Waals surface area (Å²) in [6, 6.07) is 8.34. The normalized spacial score (nSPS) is 27.6. The van der Waals surface area contributed by atoms with Crippen molar-refractivity contribution in [3.05, 3.63) is 47.7 Å². The topological polar surface area (TPSA) is 45.5 Å². The number of carbonyl (C=O) groups excluding carboxylic acids is 1. The van der Waals surface area contributed by atoms with Crippen molar-refractivity contribution in [3.63, 3.8) is 0 Å². The molecule has 1 amide bonds. The maximum atomic E-state index is 13.2. The lowest BCUT2D eigenvalue weighted by Gasteiger charge is -2.49. The molecule has 27 heavy (non-hydrogen) atoms. The summed E-state index contributed by atoms with van der Waals surface area (Å²) in [6.45, 7) is 4.21. The molecule has 0 unspecified atom stereocenters. The molecule has 144 valence electrons. The Morgan fingerprint density at radius 1 is 1.15 bits per heavy atom. The largest absolute Gasteiger partial charge is 0.451 e. The third kappa shape index (κ3) is 3.36. The maximum absolute atomic E-state index is 13.2. The average molecular weight is 378 g/mol. The zero-order chi connectivity index (χ0) is 19.2. The van der Waals surface area contributed by atoms with Crippen molar-refractivity contribution in [2.24, 2.45) is 5.92 Å². The molecule has 5 rings (SSSR count). The smallest absolute Gasteiger partial charge is 0.417 e. The molecule has 1 N–H and O–H groups in total. The number of fused-ring (bicyclic) bond motifs is 3. The van der Waals surface area contributed by atoms with E-state index in [1.807, 2.05) is 0 Å². The van der Waals surface area contributed by atoms with Crippen LogP contribution in [0.15, 0.2) is 40.8 Å². The molecule has 3 saturated heterocycles. The van der Waals surface area contributed by atoms with E-state index in [0.29, 0.717) is 5.92 Å². The number of alkyl halides is 3. The fraction of sp³-hybridized carbons (Fsp3) is 0.450. The Morgan fingerprint density at radius 3 is 2.52 bits per heavy atom. The van der Waals surface area contributed by atoms with Crippen LogP contribution in [-0.4, -0.2) is 36.0 Å². The molecule has 7 heteroatoms. The van der Waals surface area contributed by atoms with Gasteiger partial charge in [0.25, 0.3) is 5.91 Å². The van der Waals surface area contributed by atoms with E-state index in [1.165, 1.54) is 30.3 Å². The van der Waals surface area contributed by atoms with Crippen LogP contribution < -0.4 is 5.32 Å². The van der Waals surface area contributed by atoms with Crippen LogP contribution in [0, 0.1) is 5.92 Å². The monoisotopic (exact) mass is 378 g/mol. The van der Waals surface area contributed by atoms with Gasteiger partial charge >= 0.3 is 6.18 Å². The molecule has 2 aromatic rings. The lowest BCUT2D eigenvalue weighted by atomic mass is 9.79. The second-order valence-corrected chi connectivity index (χ2v) is 7.32. The fourth-order valence-corrected chi connectivity index (χ4v) is 4.32. The minimum absolute atomic E-state index is 0.0330. The Balaban J connectivity index is 1.54. The van der Waals surface area contributed by atoms with Crippen molar-refractivity contribution in [2.75, 3.05) is 13.1 Å². The van der Waals surface area contributed by atoms with E-state index >= 15 is 0 Å². The maximum Gasteiger partial charge on any atom is 0.417 e. The summed E-state index contributed by atoms with van der Waals surface area (Å²) < 4.78 is 45.1. The number of amides is 1. The highest BCUT2D eigenvalue weighted by Crippen LogP contribution is 2.37. The van der Waals surface area contributed by atoms with Gasteiger partial charge in [-0.3, -0.25) is 9.69 Å². The number of hydrogen-bond acceptors (Lipinski definition) is 3. The highest BCUT2D eigenvalue weighted by atomic mass is 19.4. The lowest BCUT2D eigenvalue weighted by molar-refractivity contribution is -0.137. The second-order valence-electron chi connectivity index (χ2n) is 7.32. The first kappa shape index (κ1) is 18.1. The van der Waals surface area contributed by atoms with Gasteiger partial charge in [0.1, 0.15) is 5.76 Å². The molecule has 0 aliphatic carbocycles. The van der Waals surface area contributed by atoms with Gasteiger partial charge in [0.15, 0.2) is 5.76 Å². The zero-order valence-electron chi connectivity index (χ0n) is 14.9. The third-order valence-electron chi connectivity index (χ3n) is 5.80. The quantitative estimate of drug-likeness (QED) is 0.872. The van der Waals surface area contributed by atoms with E-state index in [0.717, 1.165) is 32.0 Å². The highest BCUT2D eigenvalue weighted by molar-refractivity contribution is 5.92. The molecule has 4 heterocycles. The molecule has 3 fully saturated rings. The molecule has 3 aliphatic rings. The van der Waals surface area contributed by atoms with Crippen molar-refractivity contribution in [2.45, 2.75) is 38.0 Å². The summed E-state index contributed by atoms with van der Waals surface area (Å²) in [5, 5.41) is 3.03. The first-order valence-electron chi connectivity index (χ1n) is 9.16. The molecular weight excluding hydrogens is 357 g/mol. The Morgan fingerprint density at radius 2 is 1.85 bits per heavy atom. The van der Waals surface area contributed by atoms with Crippen molar-refractivity contribution in [3.8, 4) is 11.3 Å². The van der Waals surface area contributed by atoms with Crippen LogP contribution in [-0.2, 0) is 6.18 Å². The first-order chi connectivity index (χ1) is 12.8. The Hall–Kier alpha value is -2.28. The van der Waals surface area contributed by atoms with Crippen molar-refractivity contribution >= 4 is 5.91 Å². The summed E-state index contributed by atoms with van der Waals surface area (Å²) >= 11 is 0. The molecular formula is C20H21F3N2O2. The van der Waals surface area contributed by atoms with Gasteiger partial charge < -0.3 is 9.73 Å². The molecule has 2 atom stereocenters. The fourth-order valence-electron chi connectivity index (χ4n) is 4.32. The van der Waals surface area contributed by atoms with E-state index in [4.69, 9.17) is 4.42 Å². The molecule has 0 radical (unpaired) electrons. The van der Waals surface area contributed by atoms with E-state index in [2.05, 4.69) is 17.1 Å². The highest BCUT2D eigenvalue weighted by Gasteiger charge is 2.41. The minimum atomic E-state index is -4.49. The zero-order valence-corrected chi connectivity index (χ0v) is 14.9. The van der Waals surface area contributed by atoms with E-state index < -0.39 is 11.7 Å². The second kappa shape index (κ2) is 6.71. The molecule has 0 spiro atoms. The number of hydrogen-bond donors (Lipinski definition) is 1. The number of halogens is 3.